The highest BCUT2D eigenvalue weighted by molar-refractivity contribution is 6.05. The number of carbonyl (C=O) groups excluding carboxylic acids is 2. The normalized spacial score (nSPS) is 26.3. The third-order valence-corrected chi connectivity index (χ3v) is 4.61. The zero-order valence-corrected chi connectivity index (χ0v) is 12.7. The first kappa shape index (κ1) is 14.0. The van der Waals surface area contributed by atoms with Gasteiger partial charge in [0.05, 0.1) is 14.2 Å². The van der Waals surface area contributed by atoms with E-state index in [0.29, 0.717) is 11.1 Å². The molecule has 0 bridgehead atoms. The minimum absolute atomic E-state index is 0.607. The van der Waals surface area contributed by atoms with E-state index in [1.165, 1.54) is 14.2 Å². The summed E-state index contributed by atoms with van der Waals surface area (Å²) in [6, 6.07) is 14.8. The summed E-state index contributed by atoms with van der Waals surface area (Å²) in [5.74, 6) is -1.21. The molecule has 0 aromatic heterocycles. The number of hydrogen-bond acceptors (Lipinski definition) is 5. The van der Waals surface area contributed by atoms with Gasteiger partial charge in [0, 0.05) is 11.1 Å². The van der Waals surface area contributed by atoms with E-state index in [2.05, 4.69) is 0 Å². The van der Waals surface area contributed by atoms with Gasteiger partial charge >= 0.3 is 11.9 Å². The van der Waals surface area contributed by atoms with Crippen LogP contribution in [-0.4, -0.2) is 26.2 Å². The number of rotatable bonds is 2. The van der Waals surface area contributed by atoms with E-state index in [1.54, 1.807) is 24.3 Å². The summed E-state index contributed by atoms with van der Waals surface area (Å²) in [7, 11) is 2.56. The molecule has 116 valence electrons. The van der Waals surface area contributed by atoms with Gasteiger partial charge in [0.1, 0.15) is 0 Å². The first-order chi connectivity index (χ1) is 11.1. The third-order valence-electron chi connectivity index (χ3n) is 4.61. The molecule has 2 atom stereocenters. The molecule has 1 saturated heterocycles. The second-order valence-electron chi connectivity index (χ2n) is 5.54. The fourth-order valence-corrected chi connectivity index (χ4v) is 3.62. The zero-order chi connectivity index (χ0) is 16.2. The molecule has 2 unspecified atom stereocenters. The molecule has 0 radical (unpaired) electrons. The van der Waals surface area contributed by atoms with Crippen LogP contribution >= 0.6 is 0 Å². The summed E-state index contributed by atoms with van der Waals surface area (Å²) < 4.78 is 15.8. The number of esters is 2. The van der Waals surface area contributed by atoms with Crippen molar-refractivity contribution < 1.29 is 23.8 Å². The van der Waals surface area contributed by atoms with Gasteiger partial charge in [-0.15, -0.1) is 0 Å². The van der Waals surface area contributed by atoms with E-state index >= 15 is 0 Å². The van der Waals surface area contributed by atoms with Crippen LogP contribution in [0.15, 0.2) is 48.5 Å². The van der Waals surface area contributed by atoms with Gasteiger partial charge in [-0.25, -0.2) is 9.59 Å². The van der Waals surface area contributed by atoms with Crippen molar-refractivity contribution in [3.05, 3.63) is 59.7 Å². The average Bonchev–Trinajstić information content (AvgIpc) is 3.34. The summed E-state index contributed by atoms with van der Waals surface area (Å²) in [6.45, 7) is 0. The molecule has 0 spiro atoms. The number of fused-ring (bicyclic) bond motifs is 6. The molecule has 1 aliphatic heterocycles. The predicted molar refractivity (Wildman–Crippen MR) is 80.4 cm³/mol. The van der Waals surface area contributed by atoms with E-state index in [1.807, 2.05) is 24.3 Å². The lowest BCUT2D eigenvalue weighted by molar-refractivity contribution is -0.151. The minimum Gasteiger partial charge on any atom is -0.467 e. The molecular weight excluding hydrogens is 296 g/mol. The number of benzene rings is 2. The third kappa shape index (κ3) is 1.40. The standard InChI is InChI=1S/C18H14O5/c1-21-15(19)17-13-9-5-3-7-11(13)12-8-4-6-10-14(12)18(17,23-17)16(20)22-2/h3-10H,1-2H3. The Morgan fingerprint density at radius 2 is 1.17 bits per heavy atom. The Morgan fingerprint density at radius 1 is 0.783 bits per heavy atom. The molecule has 2 aromatic carbocycles. The van der Waals surface area contributed by atoms with Gasteiger partial charge in [0.25, 0.3) is 0 Å². The van der Waals surface area contributed by atoms with Crippen LogP contribution in [0.2, 0.25) is 0 Å². The summed E-state index contributed by atoms with van der Waals surface area (Å²) >= 11 is 0. The van der Waals surface area contributed by atoms with Crippen LogP contribution < -0.4 is 0 Å². The topological polar surface area (TPSA) is 65.1 Å². The molecule has 4 rings (SSSR count). The fourth-order valence-electron chi connectivity index (χ4n) is 3.62. The molecule has 5 nitrogen and oxygen atoms in total. The Balaban J connectivity index is 2.10. The van der Waals surface area contributed by atoms with Crippen LogP contribution in [0.1, 0.15) is 11.1 Å². The number of hydrogen-bond donors (Lipinski definition) is 0. The maximum atomic E-state index is 12.6. The Morgan fingerprint density at radius 3 is 1.57 bits per heavy atom. The molecule has 1 fully saturated rings. The van der Waals surface area contributed by atoms with Crippen molar-refractivity contribution in [1.82, 2.24) is 0 Å². The Hall–Kier alpha value is -2.66. The smallest absolute Gasteiger partial charge is 0.347 e. The lowest BCUT2D eigenvalue weighted by Crippen LogP contribution is -2.40. The molecule has 0 N–H and O–H groups in total. The van der Waals surface area contributed by atoms with E-state index in [9.17, 15) is 9.59 Å². The molecule has 1 aliphatic carbocycles. The van der Waals surface area contributed by atoms with Crippen molar-refractivity contribution in [2.75, 3.05) is 14.2 Å². The van der Waals surface area contributed by atoms with Crippen LogP contribution in [0.5, 0.6) is 0 Å². The minimum atomic E-state index is -1.49. The number of methoxy groups -OCH3 is 2. The molecule has 2 aliphatic rings. The summed E-state index contributed by atoms with van der Waals surface area (Å²) in [5, 5.41) is 0. The monoisotopic (exact) mass is 310 g/mol. The van der Waals surface area contributed by atoms with Gasteiger partial charge in [-0.05, 0) is 11.1 Å². The van der Waals surface area contributed by atoms with Crippen LogP contribution in [0.3, 0.4) is 0 Å². The molecule has 23 heavy (non-hydrogen) atoms. The zero-order valence-electron chi connectivity index (χ0n) is 12.7. The van der Waals surface area contributed by atoms with E-state index in [0.717, 1.165) is 11.1 Å². The summed E-state index contributed by atoms with van der Waals surface area (Å²) in [5.41, 5.74) is -0.0255. The van der Waals surface area contributed by atoms with Crippen LogP contribution in [0.25, 0.3) is 11.1 Å². The molecule has 2 aromatic rings. The summed E-state index contributed by atoms with van der Waals surface area (Å²) in [4.78, 5) is 25.1. The van der Waals surface area contributed by atoms with E-state index in [-0.39, 0.29) is 0 Å². The molecular formula is C18H14O5. The highest BCUT2D eigenvalue weighted by Crippen LogP contribution is 2.68. The van der Waals surface area contributed by atoms with Gasteiger partial charge < -0.3 is 14.2 Å². The second kappa shape index (κ2) is 4.43. The molecule has 0 amide bonds. The van der Waals surface area contributed by atoms with Crippen molar-refractivity contribution in [2.45, 2.75) is 11.2 Å². The number of epoxide rings is 1. The van der Waals surface area contributed by atoms with Gasteiger partial charge in [-0.3, -0.25) is 0 Å². The first-order valence-electron chi connectivity index (χ1n) is 7.20. The Kier molecular flexibility index (Phi) is 2.69. The van der Waals surface area contributed by atoms with E-state index < -0.39 is 23.1 Å². The average molecular weight is 310 g/mol. The van der Waals surface area contributed by atoms with E-state index in [4.69, 9.17) is 14.2 Å². The highest BCUT2D eigenvalue weighted by Gasteiger charge is 2.84. The van der Waals surface area contributed by atoms with Crippen LogP contribution in [0, 0.1) is 0 Å². The molecule has 1 heterocycles. The maximum absolute atomic E-state index is 12.6. The molecule has 0 saturated carbocycles. The molecule has 5 heteroatoms. The van der Waals surface area contributed by atoms with Crippen molar-refractivity contribution >= 4 is 11.9 Å². The van der Waals surface area contributed by atoms with Crippen LogP contribution in [0.4, 0.5) is 0 Å². The Labute approximate surface area is 132 Å². The van der Waals surface area contributed by atoms with Gasteiger partial charge in [-0.1, -0.05) is 48.5 Å². The lowest BCUT2D eigenvalue weighted by Gasteiger charge is -2.26. The van der Waals surface area contributed by atoms with Gasteiger partial charge in [0.15, 0.2) is 0 Å². The highest BCUT2D eigenvalue weighted by atomic mass is 16.7. The van der Waals surface area contributed by atoms with Crippen LogP contribution in [-0.2, 0) is 35.0 Å². The van der Waals surface area contributed by atoms with Crippen molar-refractivity contribution in [1.29, 1.82) is 0 Å². The van der Waals surface area contributed by atoms with Gasteiger partial charge in [0.2, 0.25) is 11.2 Å². The first-order valence-corrected chi connectivity index (χ1v) is 7.20. The predicted octanol–water partition coefficient (Wildman–Crippen LogP) is 2.13. The van der Waals surface area contributed by atoms with Crippen molar-refractivity contribution in [3.8, 4) is 11.1 Å². The number of ether oxygens (including phenoxy) is 3. The summed E-state index contributed by atoms with van der Waals surface area (Å²) in [6.07, 6.45) is 0. The lowest BCUT2D eigenvalue weighted by atomic mass is 9.71. The Bertz CT molecular complexity index is 773. The maximum Gasteiger partial charge on any atom is 0.347 e. The van der Waals surface area contributed by atoms with Gasteiger partial charge in [-0.2, -0.15) is 0 Å². The quantitative estimate of drug-likeness (QED) is 0.628. The largest absolute Gasteiger partial charge is 0.467 e. The SMILES string of the molecule is COC(=O)C12OC1(C(=O)OC)c1ccccc1-c1ccccc12. The van der Waals surface area contributed by atoms with Crippen molar-refractivity contribution in [2.24, 2.45) is 0 Å². The number of carbonyl (C=O) groups is 2. The van der Waals surface area contributed by atoms with Crippen molar-refractivity contribution in [3.63, 3.8) is 0 Å². The second-order valence-corrected chi connectivity index (χ2v) is 5.54. The fraction of sp³-hybridized carbons (Fsp3) is 0.222.